The van der Waals surface area contributed by atoms with E-state index in [-0.39, 0.29) is 5.91 Å². The number of ether oxygens (including phenoxy) is 1. The fraction of sp³-hybridized carbons (Fsp3) is 0.227. The fourth-order valence-corrected chi connectivity index (χ4v) is 3.62. The summed E-state index contributed by atoms with van der Waals surface area (Å²) in [7, 11) is 0. The fourth-order valence-electron chi connectivity index (χ4n) is 2.79. The van der Waals surface area contributed by atoms with Crippen LogP contribution in [-0.4, -0.2) is 28.3 Å². The number of aryl methyl sites for hydroxylation is 2. The van der Waals surface area contributed by atoms with E-state index in [0.717, 1.165) is 22.4 Å². The van der Waals surface area contributed by atoms with Crippen molar-refractivity contribution in [1.29, 1.82) is 0 Å². The third-order valence-electron chi connectivity index (χ3n) is 4.33. The number of carboxylic acid groups (broad SMARTS) is 1. The number of nitrogens with zero attached hydrogens (tertiary/aromatic N) is 1. The van der Waals surface area contributed by atoms with Gasteiger partial charge in [0.25, 0.3) is 5.91 Å². The molecule has 0 spiro atoms. The molecule has 29 heavy (non-hydrogen) atoms. The SMILES string of the molecule is CCC(Oc1ccc(/C=C2/SC(=Nc3ccc(C)cc3C)NC2=O)cc1)C(=O)O. The predicted octanol–water partition coefficient (Wildman–Crippen LogP) is 4.44. The smallest absolute Gasteiger partial charge is 0.344 e. The van der Waals surface area contributed by atoms with Crippen molar-refractivity contribution in [3.05, 3.63) is 64.1 Å². The average molecular weight is 410 g/mol. The second-order valence-electron chi connectivity index (χ2n) is 6.69. The van der Waals surface area contributed by atoms with Gasteiger partial charge in [0, 0.05) is 0 Å². The number of hydrogen-bond acceptors (Lipinski definition) is 5. The number of carbonyl (C=O) groups excluding carboxylic acids is 1. The van der Waals surface area contributed by atoms with E-state index >= 15 is 0 Å². The maximum absolute atomic E-state index is 12.3. The lowest BCUT2D eigenvalue weighted by atomic mass is 10.1. The Morgan fingerprint density at radius 1 is 1.24 bits per heavy atom. The van der Waals surface area contributed by atoms with Gasteiger partial charge in [0.15, 0.2) is 11.3 Å². The van der Waals surface area contributed by atoms with Crippen LogP contribution in [0.15, 0.2) is 52.4 Å². The number of thioether (sulfide) groups is 1. The van der Waals surface area contributed by atoms with Crippen molar-refractivity contribution in [1.82, 2.24) is 5.32 Å². The third-order valence-corrected chi connectivity index (χ3v) is 5.24. The van der Waals surface area contributed by atoms with Gasteiger partial charge in [-0.25, -0.2) is 9.79 Å². The van der Waals surface area contributed by atoms with Crippen LogP contribution >= 0.6 is 11.8 Å². The minimum atomic E-state index is -0.992. The van der Waals surface area contributed by atoms with Crippen LogP contribution in [0.2, 0.25) is 0 Å². The molecule has 6 nitrogen and oxygen atoms in total. The van der Waals surface area contributed by atoms with Crippen LogP contribution < -0.4 is 10.1 Å². The van der Waals surface area contributed by atoms with Crippen LogP contribution in [0.4, 0.5) is 5.69 Å². The number of nitrogens with one attached hydrogen (secondary N) is 1. The summed E-state index contributed by atoms with van der Waals surface area (Å²) < 4.78 is 5.45. The zero-order chi connectivity index (χ0) is 21.0. The molecule has 3 rings (SSSR count). The van der Waals surface area contributed by atoms with E-state index in [0.29, 0.717) is 22.2 Å². The molecular weight excluding hydrogens is 388 g/mol. The summed E-state index contributed by atoms with van der Waals surface area (Å²) in [6, 6.07) is 12.9. The molecular formula is C22H22N2O4S. The van der Waals surface area contributed by atoms with Gasteiger partial charge in [0.05, 0.1) is 10.6 Å². The van der Waals surface area contributed by atoms with Crippen molar-refractivity contribution in [3.63, 3.8) is 0 Å². The summed E-state index contributed by atoms with van der Waals surface area (Å²) in [5, 5.41) is 12.4. The van der Waals surface area contributed by atoms with Gasteiger partial charge in [-0.3, -0.25) is 4.79 Å². The molecule has 1 unspecified atom stereocenters. The Kier molecular flexibility index (Phi) is 6.39. The molecule has 0 aromatic heterocycles. The maximum Gasteiger partial charge on any atom is 0.344 e. The summed E-state index contributed by atoms with van der Waals surface area (Å²) in [6.07, 6.45) is 1.27. The molecule has 1 atom stereocenters. The lowest BCUT2D eigenvalue weighted by Crippen LogP contribution is -2.25. The van der Waals surface area contributed by atoms with Crippen LogP contribution in [0, 0.1) is 13.8 Å². The zero-order valence-corrected chi connectivity index (χ0v) is 17.2. The Morgan fingerprint density at radius 3 is 2.59 bits per heavy atom. The molecule has 1 amide bonds. The Bertz CT molecular complexity index is 996. The quantitative estimate of drug-likeness (QED) is 0.688. The van der Waals surface area contributed by atoms with E-state index in [1.54, 1.807) is 37.3 Å². The summed E-state index contributed by atoms with van der Waals surface area (Å²) in [4.78, 5) is 28.4. The standard InChI is InChI=1S/C22H22N2O4S/c1-4-18(21(26)27)28-16-8-6-15(7-9-16)12-19-20(25)24-22(29-19)23-17-10-5-13(2)11-14(17)3/h5-12,18H,4H2,1-3H3,(H,26,27)(H,23,24,25)/b19-12+. The van der Waals surface area contributed by atoms with Crippen molar-refractivity contribution in [2.24, 2.45) is 4.99 Å². The molecule has 0 radical (unpaired) electrons. The van der Waals surface area contributed by atoms with Crippen LogP contribution in [0.25, 0.3) is 6.08 Å². The number of carbonyl (C=O) groups is 2. The molecule has 1 saturated heterocycles. The van der Waals surface area contributed by atoms with E-state index in [1.807, 2.05) is 26.0 Å². The largest absolute Gasteiger partial charge is 0.479 e. The molecule has 0 saturated carbocycles. The Morgan fingerprint density at radius 2 is 1.97 bits per heavy atom. The number of benzene rings is 2. The van der Waals surface area contributed by atoms with Gasteiger partial charge in [-0.15, -0.1) is 0 Å². The second kappa shape index (κ2) is 8.96. The Labute approximate surface area is 173 Å². The monoisotopic (exact) mass is 410 g/mol. The first kappa shape index (κ1) is 20.7. The molecule has 2 N–H and O–H groups in total. The number of carboxylic acids is 1. The summed E-state index contributed by atoms with van der Waals surface area (Å²) >= 11 is 1.29. The number of amidine groups is 1. The second-order valence-corrected chi connectivity index (χ2v) is 7.72. The van der Waals surface area contributed by atoms with Gasteiger partial charge in [-0.1, -0.05) is 36.8 Å². The van der Waals surface area contributed by atoms with Crippen molar-refractivity contribution >= 4 is 40.6 Å². The van der Waals surface area contributed by atoms with Crippen LogP contribution in [-0.2, 0) is 9.59 Å². The predicted molar refractivity (Wildman–Crippen MR) is 116 cm³/mol. The molecule has 0 aliphatic carbocycles. The number of amides is 1. The topological polar surface area (TPSA) is 88.0 Å². The summed E-state index contributed by atoms with van der Waals surface area (Å²) in [5.41, 5.74) is 3.85. The average Bonchev–Trinajstić information content (AvgIpc) is 3.02. The molecule has 1 fully saturated rings. The highest BCUT2D eigenvalue weighted by atomic mass is 32.2. The van der Waals surface area contributed by atoms with Crippen molar-refractivity contribution in [2.45, 2.75) is 33.3 Å². The van der Waals surface area contributed by atoms with Crippen LogP contribution in [0.1, 0.15) is 30.0 Å². The first-order chi connectivity index (χ1) is 13.9. The van der Waals surface area contributed by atoms with E-state index in [9.17, 15) is 9.59 Å². The highest BCUT2D eigenvalue weighted by Crippen LogP contribution is 2.29. The van der Waals surface area contributed by atoms with E-state index in [2.05, 4.69) is 16.4 Å². The Hall–Kier alpha value is -3.06. The Balaban J connectivity index is 1.73. The van der Waals surface area contributed by atoms with Gasteiger partial charge < -0.3 is 15.2 Å². The third kappa shape index (κ3) is 5.26. The molecule has 0 bridgehead atoms. The van der Waals surface area contributed by atoms with E-state index in [4.69, 9.17) is 9.84 Å². The van der Waals surface area contributed by atoms with Crippen LogP contribution in [0.5, 0.6) is 5.75 Å². The van der Waals surface area contributed by atoms with Crippen molar-refractivity contribution in [3.8, 4) is 5.75 Å². The van der Waals surface area contributed by atoms with Crippen molar-refractivity contribution < 1.29 is 19.4 Å². The number of hydrogen-bond donors (Lipinski definition) is 2. The van der Waals surface area contributed by atoms with E-state index < -0.39 is 12.1 Å². The molecule has 1 aliphatic rings. The minimum Gasteiger partial charge on any atom is -0.479 e. The highest BCUT2D eigenvalue weighted by Gasteiger charge is 2.24. The number of rotatable bonds is 6. The van der Waals surface area contributed by atoms with Gasteiger partial charge in [0.2, 0.25) is 0 Å². The molecule has 2 aromatic rings. The number of aliphatic imine (C=N–C) groups is 1. The van der Waals surface area contributed by atoms with Gasteiger partial charge >= 0.3 is 5.97 Å². The first-order valence-electron chi connectivity index (χ1n) is 9.22. The van der Waals surface area contributed by atoms with Gasteiger partial charge in [-0.05, 0) is 67.4 Å². The lowest BCUT2D eigenvalue weighted by molar-refractivity contribution is -0.145. The lowest BCUT2D eigenvalue weighted by Gasteiger charge is -2.13. The number of aliphatic carboxylic acids is 1. The van der Waals surface area contributed by atoms with E-state index in [1.165, 1.54) is 11.8 Å². The zero-order valence-electron chi connectivity index (χ0n) is 16.4. The molecule has 150 valence electrons. The molecule has 2 aromatic carbocycles. The minimum absolute atomic E-state index is 0.198. The maximum atomic E-state index is 12.3. The normalized spacial score (nSPS) is 17.4. The first-order valence-corrected chi connectivity index (χ1v) is 10.0. The van der Waals surface area contributed by atoms with Gasteiger partial charge in [0.1, 0.15) is 5.75 Å². The van der Waals surface area contributed by atoms with Crippen molar-refractivity contribution in [2.75, 3.05) is 0 Å². The molecule has 1 aliphatic heterocycles. The van der Waals surface area contributed by atoms with Gasteiger partial charge in [-0.2, -0.15) is 0 Å². The molecule has 7 heteroatoms. The highest BCUT2D eigenvalue weighted by molar-refractivity contribution is 8.18. The molecule has 1 heterocycles. The summed E-state index contributed by atoms with van der Waals surface area (Å²) in [5.74, 6) is -0.717. The summed E-state index contributed by atoms with van der Waals surface area (Å²) in [6.45, 7) is 5.77. The van der Waals surface area contributed by atoms with Crippen LogP contribution in [0.3, 0.4) is 0 Å².